The Labute approximate surface area is 122 Å². The molecule has 0 N–H and O–H groups in total. The van der Waals surface area contributed by atoms with Gasteiger partial charge in [-0.3, -0.25) is 4.40 Å². The first-order valence-electron chi connectivity index (χ1n) is 5.32. The van der Waals surface area contributed by atoms with Crippen LogP contribution < -0.4 is 4.74 Å². The number of hydrogen-bond acceptors (Lipinski definition) is 3. The van der Waals surface area contributed by atoms with Gasteiger partial charge in [0.15, 0.2) is 4.96 Å². The second-order valence-corrected chi connectivity index (χ2v) is 5.28. The summed E-state index contributed by atoms with van der Waals surface area (Å²) in [6.07, 6.45) is 1.87. The highest BCUT2D eigenvalue weighted by atomic mass is 35.5. The Balaban J connectivity index is 2.00. The van der Waals surface area contributed by atoms with Gasteiger partial charge in [-0.25, -0.2) is 4.39 Å². The van der Waals surface area contributed by atoms with Crippen molar-refractivity contribution in [2.45, 2.75) is 5.88 Å². The third-order valence-electron chi connectivity index (χ3n) is 2.56. The van der Waals surface area contributed by atoms with Gasteiger partial charge in [0.25, 0.3) is 0 Å². The quantitative estimate of drug-likeness (QED) is 0.654. The van der Waals surface area contributed by atoms with E-state index in [0.717, 1.165) is 10.7 Å². The highest BCUT2D eigenvalue weighted by Gasteiger charge is 2.14. The Morgan fingerprint density at radius 1 is 1.42 bits per heavy atom. The molecule has 3 nitrogen and oxygen atoms in total. The minimum atomic E-state index is -0.489. The van der Waals surface area contributed by atoms with E-state index in [9.17, 15) is 4.39 Å². The number of halogens is 3. The Hall–Kier alpha value is -1.30. The van der Waals surface area contributed by atoms with Gasteiger partial charge in [-0.1, -0.05) is 11.6 Å². The van der Waals surface area contributed by atoms with Crippen LogP contribution in [0, 0.1) is 5.82 Å². The number of ether oxygens (including phenoxy) is 1. The maximum Gasteiger partial charge on any atom is 0.243 e. The monoisotopic (exact) mass is 316 g/mol. The molecule has 0 aliphatic rings. The van der Waals surface area contributed by atoms with E-state index < -0.39 is 5.82 Å². The summed E-state index contributed by atoms with van der Waals surface area (Å²) in [5, 5.41) is 1.92. The molecule has 0 amide bonds. The lowest BCUT2D eigenvalue weighted by molar-refractivity contribution is 0.460. The number of aromatic nitrogens is 2. The predicted molar refractivity (Wildman–Crippen MR) is 74.1 cm³/mol. The molecule has 0 atom stereocenters. The average molecular weight is 317 g/mol. The number of nitrogens with zero attached hydrogens (tertiary/aromatic N) is 2. The van der Waals surface area contributed by atoms with E-state index in [1.165, 1.54) is 29.5 Å². The fourth-order valence-corrected chi connectivity index (χ4v) is 2.81. The molecule has 0 fully saturated rings. The van der Waals surface area contributed by atoms with Crippen LogP contribution in [-0.2, 0) is 5.88 Å². The van der Waals surface area contributed by atoms with Gasteiger partial charge in [-0.05, 0) is 12.1 Å². The Bertz CT molecular complexity index is 740. The lowest BCUT2D eigenvalue weighted by Crippen LogP contribution is -1.91. The molecular formula is C12H7Cl2FN2OS. The first-order valence-corrected chi connectivity index (χ1v) is 7.11. The lowest BCUT2D eigenvalue weighted by atomic mass is 10.3. The number of imidazole rings is 1. The number of alkyl halides is 1. The summed E-state index contributed by atoms with van der Waals surface area (Å²) in [7, 11) is 0. The van der Waals surface area contributed by atoms with Crippen molar-refractivity contribution in [3.63, 3.8) is 0 Å². The molecule has 0 unspecified atom stereocenters. The number of hydrogen-bond donors (Lipinski definition) is 0. The SMILES string of the molecule is Fc1ccc(Oc2nc3sccn3c2CCl)cc1Cl. The maximum absolute atomic E-state index is 13.1. The first-order chi connectivity index (χ1) is 9.19. The molecular weight excluding hydrogens is 310 g/mol. The molecule has 7 heteroatoms. The molecule has 98 valence electrons. The largest absolute Gasteiger partial charge is 0.437 e. The highest BCUT2D eigenvalue weighted by Crippen LogP contribution is 2.30. The number of thiazole rings is 1. The fraction of sp³-hybridized carbons (Fsp3) is 0.0833. The van der Waals surface area contributed by atoms with Crippen molar-refractivity contribution in [3.05, 3.63) is 46.3 Å². The summed E-state index contributed by atoms with van der Waals surface area (Å²) < 4.78 is 20.6. The summed E-state index contributed by atoms with van der Waals surface area (Å²) in [6, 6.07) is 4.14. The summed E-state index contributed by atoms with van der Waals surface area (Å²) in [5.41, 5.74) is 0.748. The molecule has 0 radical (unpaired) electrons. The minimum Gasteiger partial charge on any atom is -0.437 e. The molecule has 3 rings (SSSR count). The van der Waals surface area contributed by atoms with Crippen LogP contribution in [0.1, 0.15) is 5.69 Å². The average Bonchev–Trinajstić information content (AvgIpc) is 2.94. The van der Waals surface area contributed by atoms with Gasteiger partial charge < -0.3 is 4.74 Å². The summed E-state index contributed by atoms with van der Waals surface area (Å²) >= 11 is 13.1. The van der Waals surface area contributed by atoms with Gasteiger partial charge in [0.05, 0.1) is 10.9 Å². The number of benzene rings is 1. The zero-order valence-corrected chi connectivity index (χ0v) is 11.8. The van der Waals surface area contributed by atoms with Crippen LogP contribution in [0.25, 0.3) is 4.96 Å². The molecule has 2 aromatic heterocycles. The second kappa shape index (κ2) is 5.00. The Kier molecular flexibility index (Phi) is 3.35. The molecule has 0 aliphatic heterocycles. The molecule has 0 spiro atoms. The van der Waals surface area contributed by atoms with Gasteiger partial charge in [0.2, 0.25) is 5.88 Å². The lowest BCUT2D eigenvalue weighted by Gasteiger charge is -2.05. The normalized spacial score (nSPS) is 11.1. The number of rotatable bonds is 3. The molecule has 0 bridgehead atoms. The van der Waals surface area contributed by atoms with Crippen molar-refractivity contribution < 1.29 is 9.13 Å². The van der Waals surface area contributed by atoms with Crippen molar-refractivity contribution in [1.82, 2.24) is 9.38 Å². The predicted octanol–water partition coefficient (Wildman–Crippen LogP) is 4.72. The third kappa shape index (κ3) is 2.29. The van der Waals surface area contributed by atoms with Crippen LogP contribution in [0.5, 0.6) is 11.6 Å². The van der Waals surface area contributed by atoms with Gasteiger partial charge in [-0.15, -0.1) is 22.9 Å². The van der Waals surface area contributed by atoms with Gasteiger partial charge in [-0.2, -0.15) is 4.98 Å². The second-order valence-electron chi connectivity index (χ2n) is 3.73. The molecule has 3 aromatic rings. The highest BCUT2D eigenvalue weighted by molar-refractivity contribution is 7.15. The van der Waals surface area contributed by atoms with Crippen LogP contribution in [0.15, 0.2) is 29.8 Å². The minimum absolute atomic E-state index is 0.00550. The van der Waals surface area contributed by atoms with Gasteiger partial charge >= 0.3 is 0 Å². The van der Waals surface area contributed by atoms with Crippen LogP contribution in [0.2, 0.25) is 5.02 Å². The van der Waals surface area contributed by atoms with E-state index in [1.807, 2.05) is 16.0 Å². The van der Waals surface area contributed by atoms with Gasteiger partial charge in [0, 0.05) is 17.6 Å². The molecule has 0 saturated heterocycles. The smallest absolute Gasteiger partial charge is 0.243 e. The zero-order valence-electron chi connectivity index (χ0n) is 9.44. The van der Waals surface area contributed by atoms with Crippen LogP contribution in [0.4, 0.5) is 4.39 Å². The van der Waals surface area contributed by atoms with E-state index in [4.69, 9.17) is 27.9 Å². The van der Waals surface area contributed by atoms with E-state index in [0.29, 0.717) is 11.6 Å². The van der Waals surface area contributed by atoms with E-state index in [-0.39, 0.29) is 10.9 Å². The maximum atomic E-state index is 13.1. The van der Waals surface area contributed by atoms with Crippen molar-refractivity contribution in [2.24, 2.45) is 0 Å². The number of fused-ring (bicyclic) bond motifs is 1. The van der Waals surface area contributed by atoms with Crippen LogP contribution in [-0.4, -0.2) is 9.38 Å². The summed E-state index contributed by atoms with van der Waals surface area (Å²) in [5.74, 6) is 0.604. The fourth-order valence-electron chi connectivity index (χ4n) is 1.67. The molecule has 19 heavy (non-hydrogen) atoms. The molecule has 0 saturated carbocycles. The van der Waals surface area contributed by atoms with Crippen molar-refractivity contribution >= 4 is 39.5 Å². The van der Waals surface area contributed by atoms with Crippen LogP contribution >= 0.6 is 34.5 Å². The Morgan fingerprint density at radius 2 is 2.26 bits per heavy atom. The van der Waals surface area contributed by atoms with Gasteiger partial charge in [0.1, 0.15) is 17.3 Å². The molecule has 0 aliphatic carbocycles. The molecule has 2 heterocycles. The third-order valence-corrected chi connectivity index (χ3v) is 3.86. The van der Waals surface area contributed by atoms with E-state index in [2.05, 4.69) is 4.98 Å². The zero-order chi connectivity index (χ0) is 13.4. The summed E-state index contributed by atoms with van der Waals surface area (Å²) in [4.78, 5) is 5.12. The standard InChI is InChI=1S/C12H7Cl2FN2OS/c13-6-10-11(16-12-17(10)3-4-19-12)18-7-1-2-9(15)8(14)5-7/h1-5H,6H2. The van der Waals surface area contributed by atoms with E-state index >= 15 is 0 Å². The first kappa shape index (κ1) is 12.7. The van der Waals surface area contributed by atoms with E-state index in [1.54, 1.807) is 0 Å². The van der Waals surface area contributed by atoms with Crippen molar-refractivity contribution in [3.8, 4) is 11.6 Å². The van der Waals surface area contributed by atoms with Crippen molar-refractivity contribution in [1.29, 1.82) is 0 Å². The van der Waals surface area contributed by atoms with Crippen LogP contribution in [0.3, 0.4) is 0 Å². The topological polar surface area (TPSA) is 26.5 Å². The Morgan fingerprint density at radius 3 is 3.00 bits per heavy atom. The molecule has 1 aromatic carbocycles. The summed E-state index contributed by atoms with van der Waals surface area (Å²) in [6.45, 7) is 0. The van der Waals surface area contributed by atoms with Crippen molar-refractivity contribution in [2.75, 3.05) is 0 Å².